The van der Waals surface area contributed by atoms with Gasteiger partial charge >= 0.3 is 0 Å². The Bertz CT molecular complexity index is 423. The molecular formula is C15H24N2O. The van der Waals surface area contributed by atoms with Crippen LogP contribution in [-0.4, -0.2) is 23.2 Å². The molecule has 1 fully saturated rings. The number of pyridine rings is 1. The average molecular weight is 248 g/mol. The van der Waals surface area contributed by atoms with E-state index in [9.17, 15) is 0 Å². The molecule has 1 atom stereocenters. The Balaban J connectivity index is 2.14. The fraction of sp³-hybridized carbons (Fsp3) is 0.667. The summed E-state index contributed by atoms with van der Waals surface area (Å²) in [6, 6.07) is 2.03. The molecule has 0 saturated carbocycles. The topological polar surface area (TPSA) is 36.4 Å². The molecule has 1 aromatic rings. The molecule has 100 valence electrons. The minimum atomic E-state index is 0.0682. The summed E-state index contributed by atoms with van der Waals surface area (Å²) in [4.78, 5) is 6.89. The monoisotopic (exact) mass is 248 g/mol. The minimum Gasteiger partial charge on any atom is -0.392 e. The second kappa shape index (κ2) is 4.88. The molecule has 1 aromatic heterocycles. The van der Waals surface area contributed by atoms with E-state index < -0.39 is 0 Å². The molecule has 2 heterocycles. The standard InChI is InChI=1S/C15H24N2O/c1-11-7-12(10-18)8-16-14(11)17-6-5-13(9-17)15(2,3)4/h7-8,13,18H,5-6,9-10H2,1-4H3. The van der Waals surface area contributed by atoms with Gasteiger partial charge in [0.1, 0.15) is 5.82 Å². The Kier molecular flexibility index (Phi) is 3.62. The lowest BCUT2D eigenvalue weighted by atomic mass is 9.80. The lowest BCUT2D eigenvalue weighted by Crippen LogP contribution is -2.26. The van der Waals surface area contributed by atoms with Crippen molar-refractivity contribution in [1.29, 1.82) is 0 Å². The maximum absolute atomic E-state index is 9.11. The van der Waals surface area contributed by atoms with Crippen molar-refractivity contribution < 1.29 is 5.11 Å². The highest BCUT2D eigenvalue weighted by Gasteiger charge is 2.32. The van der Waals surface area contributed by atoms with Gasteiger partial charge < -0.3 is 10.0 Å². The molecule has 0 aromatic carbocycles. The molecule has 18 heavy (non-hydrogen) atoms. The highest BCUT2D eigenvalue weighted by atomic mass is 16.3. The van der Waals surface area contributed by atoms with Gasteiger partial charge in [0.15, 0.2) is 0 Å². The lowest BCUT2D eigenvalue weighted by molar-refractivity contribution is 0.263. The van der Waals surface area contributed by atoms with Gasteiger partial charge in [-0.05, 0) is 41.9 Å². The number of nitrogens with zero attached hydrogens (tertiary/aromatic N) is 2. The largest absolute Gasteiger partial charge is 0.392 e. The van der Waals surface area contributed by atoms with Gasteiger partial charge in [0.2, 0.25) is 0 Å². The SMILES string of the molecule is Cc1cc(CO)cnc1N1CCC(C(C)(C)C)C1. The predicted molar refractivity (Wildman–Crippen MR) is 74.7 cm³/mol. The molecule has 1 N–H and O–H groups in total. The zero-order chi connectivity index (χ0) is 13.3. The van der Waals surface area contributed by atoms with E-state index in [1.807, 2.05) is 6.07 Å². The average Bonchev–Trinajstić information content (AvgIpc) is 2.77. The number of hydrogen-bond acceptors (Lipinski definition) is 3. The highest BCUT2D eigenvalue weighted by Crippen LogP contribution is 2.35. The first kappa shape index (κ1) is 13.3. The molecule has 0 aliphatic carbocycles. The smallest absolute Gasteiger partial charge is 0.131 e. The summed E-state index contributed by atoms with van der Waals surface area (Å²) in [6.45, 7) is 11.3. The first-order valence-electron chi connectivity index (χ1n) is 6.73. The third kappa shape index (κ3) is 2.66. The molecule has 1 aliphatic rings. The van der Waals surface area contributed by atoms with Crippen LogP contribution in [0.1, 0.15) is 38.3 Å². The minimum absolute atomic E-state index is 0.0682. The summed E-state index contributed by atoms with van der Waals surface area (Å²) in [6.07, 6.45) is 3.03. The molecule has 1 aliphatic heterocycles. The number of aryl methyl sites for hydroxylation is 1. The second-order valence-electron chi connectivity index (χ2n) is 6.44. The number of aliphatic hydroxyl groups is 1. The summed E-state index contributed by atoms with van der Waals surface area (Å²) < 4.78 is 0. The van der Waals surface area contributed by atoms with Crippen molar-refractivity contribution in [2.24, 2.45) is 11.3 Å². The fourth-order valence-corrected chi connectivity index (χ4v) is 2.70. The molecule has 1 unspecified atom stereocenters. The van der Waals surface area contributed by atoms with E-state index in [2.05, 4.69) is 37.6 Å². The summed E-state index contributed by atoms with van der Waals surface area (Å²) >= 11 is 0. The molecule has 1 saturated heterocycles. The molecule has 0 bridgehead atoms. The van der Waals surface area contributed by atoms with Crippen LogP contribution in [0, 0.1) is 18.3 Å². The van der Waals surface area contributed by atoms with Crippen LogP contribution >= 0.6 is 0 Å². The second-order valence-corrected chi connectivity index (χ2v) is 6.44. The molecule has 3 nitrogen and oxygen atoms in total. The van der Waals surface area contributed by atoms with Crippen molar-refractivity contribution >= 4 is 5.82 Å². The van der Waals surface area contributed by atoms with Crippen LogP contribution in [-0.2, 0) is 6.61 Å². The zero-order valence-electron chi connectivity index (χ0n) is 11.9. The van der Waals surface area contributed by atoms with Crippen LogP contribution < -0.4 is 4.90 Å². The Morgan fingerprint density at radius 1 is 1.44 bits per heavy atom. The van der Waals surface area contributed by atoms with E-state index >= 15 is 0 Å². The highest BCUT2D eigenvalue weighted by molar-refractivity contribution is 5.48. The first-order chi connectivity index (χ1) is 8.41. The molecule has 3 heteroatoms. The summed E-state index contributed by atoms with van der Waals surface area (Å²) in [5.41, 5.74) is 2.42. The predicted octanol–water partition coefficient (Wildman–Crippen LogP) is 2.75. The van der Waals surface area contributed by atoms with Gasteiger partial charge in [-0.15, -0.1) is 0 Å². The van der Waals surface area contributed by atoms with E-state index in [0.717, 1.165) is 36.0 Å². The van der Waals surface area contributed by atoms with Crippen molar-refractivity contribution in [3.8, 4) is 0 Å². The molecule has 0 spiro atoms. The third-order valence-corrected chi connectivity index (χ3v) is 4.00. The van der Waals surface area contributed by atoms with E-state index in [1.54, 1.807) is 6.20 Å². The number of aliphatic hydroxyl groups excluding tert-OH is 1. The Labute approximate surface area is 110 Å². The van der Waals surface area contributed by atoms with Gasteiger partial charge in [-0.3, -0.25) is 0 Å². The van der Waals surface area contributed by atoms with Crippen molar-refractivity contribution in [1.82, 2.24) is 4.98 Å². The number of hydrogen-bond donors (Lipinski definition) is 1. The molecule has 0 radical (unpaired) electrons. The molecule has 0 amide bonds. The normalized spacial score (nSPS) is 20.5. The van der Waals surface area contributed by atoms with Gasteiger partial charge in [0.25, 0.3) is 0 Å². The van der Waals surface area contributed by atoms with Crippen LogP contribution in [0.3, 0.4) is 0 Å². The Morgan fingerprint density at radius 2 is 2.17 bits per heavy atom. The van der Waals surface area contributed by atoms with Gasteiger partial charge in [0.05, 0.1) is 6.61 Å². The van der Waals surface area contributed by atoms with Gasteiger partial charge in [0, 0.05) is 19.3 Å². The quantitative estimate of drug-likeness (QED) is 0.874. The lowest BCUT2D eigenvalue weighted by Gasteiger charge is -2.27. The summed E-state index contributed by atoms with van der Waals surface area (Å²) in [5, 5.41) is 9.11. The summed E-state index contributed by atoms with van der Waals surface area (Å²) in [5.74, 6) is 1.81. The number of aromatic nitrogens is 1. The van der Waals surface area contributed by atoms with Crippen molar-refractivity contribution in [2.75, 3.05) is 18.0 Å². The number of rotatable bonds is 2. The van der Waals surface area contributed by atoms with Crippen LogP contribution in [0.4, 0.5) is 5.82 Å². The fourth-order valence-electron chi connectivity index (χ4n) is 2.70. The van der Waals surface area contributed by atoms with E-state index in [0.29, 0.717) is 5.41 Å². The Hall–Kier alpha value is -1.09. The van der Waals surface area contributed by atoms with Crippen LogP contribution in [0.25, 0.3) is 0 Å². The van der Waals surface area contributed by atoms with E-state index in [1.165, 1.54) is 6.42 Å². The number of anilines is 1. The van der Waals surface area contributed by atoms with Crippen LogP contribution in [0.15, 0.2) is 12.3 Å². The Morgan fingerprint density at radius 3 is 2.67 bits per heavy atom. The van der Waals surface area contributed by atoms with Gasteiger partial charge in [-0.2, -0.15) is 0 Å². The molecular weight excluding hydrogens is 224 g/mol. The van der Waals surface area contributed by atoms with Crippen molar-refractivity contribution in [2.45, 2.75) is 40.7 Å². The van der Waals surface area contributed by atoms with E-state index in [-0.39, 0.29) is 6.61 Å². The van der Waals surface area contributed by atoms with Crippen molar-refractivity contribution in [3.63, 3.8) is 0 Å². The van der Waals surface area contributed by atoms with E-state index in [4.69, 9.17) is 5.11 Å². The first-order valence-corrected chi connectivity index (χ1v) is 6.73. The van der Waals surface area contributed by atoms with Crippen molar-refractivity contribution in [3.05, 3.63) is 23.4 Å². The van der Waals surface area contributed by atoms with Crippen LogP contribution in [0.2, 0.25) is 0 Å². The van der Waals surface area contributed by atoms with Crippen LogP contribution in [0.5, 0.6) is 0 Å². The van der Waals surface area contributed by atoms with Gasteiger partial charge in [-0.25, -0.2) is 4.98 Å². The summed E-state index contributed by atoms with van der Waals surface area (Å²) in [7, 11) is 0. The van der Waals surface area contributed by atoms with Gasteiger partial charge in [-0.1, -0.05) is 20.8 Å². The third-order valence-electron chi connectivity index (χ3n) is 4.00. The maximum Gasteiger partial charge on any atom is 0.131 e. The maximum atomic E-state index is 9.11. The zero-order valence-corrected chi connectivity index (χ0v) is 11.9. The molecule has 2 rings (SSSR count).